The monoisotopic (exact) mass is 278 g/mol. The Labute approximate surface area is 116 Å². The first-order chi connectivity index (χ1) is 9.65. The van der Waals surface area contributed by atoms with Gasteiger partial charge < -0.3 is 19.5 Å². The van der Waals surface area contributed by atoms with E-state index in [0.717, 1.165) is 12.4 Å². The Bertz CT molecular complexity index is 519. The number of carbonyl (C=O) groups excluding carboxylic acids is 1. The summed E-state index contributed by atoms with van der Waals surface area (Å²) in [5, 5.41) is 8.97. The number of carboxylic acid groups (broad SMARTS) is 1. The maximum atomic E-state index is 12.4. The molecule has 1 aromatic heterocycles. The van der Waals surface area contributed by atoms with Crippen molar-refractivity contribution in [1.82, 2.24) is 19.4 Å². The van der Waals surface area contributed by atoms with Gasteiger partial charge in [0.05, 0.1) is 12.5 Å². The van der Waals surface area contributed by atoms with E-state index in [-0.39, 0.29) is 11.9 Å². The molecule has 1 N–H and O–H groups in total. The lowest BCUT2D eigenvalue weighted by Gasteiger charge is -2.36. The summed E-state index contributed by atoms with van der Waals surface area (Å²) in [6.07, 6.45) is 4.77. The van der Waals surface area contributed by atoms with E-state index in [9.17, 15) is 9.59 Å². The molecule has 1 fully saturated rings. The molecule has 20 heavy (non-hydrogen) atoms. The Kier molecular flexibility index (Phi) is 3.33. The van der Waals surface area contributed by atoms with E-state index in [0.29, 0.717) is 39.0 Å². The number of carbonyl (C=O) groups is 2. The van der Waals surface area contributed by atoms with Crippen molar-refractivity contribution in [2.24, 2.45) is 5.92 Å². The number of urea groups is 1. The van der Waals surface area contributed by atoms with E-state index in [2.05, 4.69) is 9.55 Å². The number of carboxylic acids is 1. The summed E-state index contributed by atoms with van der Waals surface area (Å²) >= 11 is 0. The quantitative estimate of drug-likeness (QED) is 0.816. The van der Waals surface area contributed by atoms with E-state index in [1.54, 1.807) is 16.0 Å². The van der Waals surface area contributed by atoms with Crippen LogP contribution < -0.4 is 0 Å². The van der Waals surface area contributed by atoms with Crippen LogP contribution in [0.25, 0.3) is 0 Å². The predicted octanol–water partition coefficient (Wildman–Crippen LogP) is 0.615. The summed E-state index contributed by atoms with van der Waals surface area (Å²) in [6.45, 7) is 3.04. The van der Waals surface area contributed by atoms with E-state index < -0.39 is 5.97 Å². The van der Waals surface area contributed by atoms with Crippen LogP contribution in [0.4, 0.5) is 4.79 Å². The summed E-state index contributed by atoms with van der Waals surface area (Å²) in [7, 11) is 0. The molecular weight excluding hydrogens is 260 g/mol. The number of hydrogen-bond donors (Lipinski definition) is 1. The van der Waals surface area contributed by atoms with Gasteiger partial charge in [-0.25, -0.2) is 9.78 Å². The lowest BCUT2D eigenvalue weighted by Crippen LogP contribution is -2.49. The van der Waals surface area contributed by atoms with Gasteiger partial charge in [-0.3, -0.25) is 4.79 Å². The number of aliphatic carboxylic acids is 1. The summed E-state index contributed by atoms with van der Waals surface area (Å²) in [5.74, 6) is -0.151. The highest BCUT2D eigenvalue weighted by molar-refractivity contribution is 5.75. The molecule has 0 saturated carbocycles. The fourth-order valence-corrected chi connectivity index (χ4v) is 2.85. The van der Waals surface area contributed by atoms with Crippen molar-refractivity contribution < 1.29 is 14.7 Å². The molecule has 0 aromatic carbocycles. The van der Waals surface area contributed by atoms with Crippen molar-refractivity contribution in [3.63, 3.8) is 0 Å². The topological polar surface area (TPSA) is 78.7 Å². The van der Waals surface area contributed by atoms with E-state index >= 15 is 0 Å². The number of hydrogen-bond acceptors (Lipinski definition) is 3. The number of imidazole rings is 1. The van der Waals surface area contributed by atoms with Gasteiger partial charge in [-0.15, -0.1) is 0 Å². The predicted molar refractivity (Wildman–Crippen MR) is 70.0 cm³/mol. The first-order valence-electron chi connectivity index (χ1n) is 6.92. The molecule has 3 rings (SSSR count). The van der Waals surface area contributed by atoms with Crippen LogP contribution in [-0.4, -0.2) is 56.1 Å². The molecule has 1 saturated heterocycles. The highest BCUT2D eigenvalue weighted by Gasteiger charge is 2.30. The molecule has 0 bridgehead atoms. The molecule has 7 heteroatoms. The number of nitrogens with zero attached hydrogens (tertiary/aromatic N) is 4. The molecule has 108 valence electrons. The van der Waals surface area contributed by atoms with Crippen molar-refractivity contribution in [3.8, 4) is 0 Å². The van der Waals surface area contributed by atoms with E-state index in [4.69, 9.17) is 5.11 Å². The van der Waals surface area contributed by atoms with Gasteiger partial charge >= 0.3 is 12.0 Å². The zero-order chi connectivity index (χ0) is 14.1. The van der Waals surface area contributed by atoms with Crippen LogP contribution in [0, 0.1) is 5.92 Å². The van der Waals surface area contributed by atoms with E-state index in [1.807, 2.05) is 6.20 Å². The van der Waals surface area contributed by atoms with Crippen molar-refractivity contribution in [2.45, 2.75) is 25.9 Å². The number of rotatable bonds is 1. The Morgan fingerprint density at radius 3 is 2.60 bits per heavy atom. The maximum absolute atomic E-state index is 12.4. The Morgan fingerprint density at radius 1 is 1.15 bits per heavy atom. The van der Waals surface area contributed by atoms with Crippen LogP contribution in [0.2, 0.25) is 0 Å². The molecule has 7 nitrogen and oxygen atoms in total. The molecule has 0 spiro atoms. The smallest absolute Gasteiger partial charge is 0.320 e. The first kappa shape index (κ1) is 13.0. The molecule has 1 aromatic rings. The van der Waals surface area contributed by atoms with Crippen molar-refractivity contribution in [1.29, 1.82) is 0 Å². The number of likely N-dealkylation sites (tertiary alicyclic amines) is 1. The minimum Gasteiger partial charge on any atom is -0.481 e. The summed E-state index contributed by atoms with van der Waals surface area (Å²) in [6, 6.07) is 0.00286. The zero-order valence-electron chi connectivity index (χ0n) is 11.2. The first-order valence-corrected chi connectivity index (χ1v) is 6.92. The second-order valence-electron chi connectivity index (χ2n) is 5.34. The van der Waals surface area contributed by atoms with E-state index in [1.165, 1.54) is 0 Å². The van der Waals surface area contributed by atoms with Crippen molar-refractivity contribution >= 4 is 12.0 Å². The lowest BCUT2D eigenvalue weighted by atomic mass is 9.97. The van der Waals surface area contributed by atoms with Crippen LogP contribution in [0.1, 0.15) is 18.7 Å². The molecular formula is C13H18N4O3. The highest BCUT2D eigenvalue weighted by atomic mass is 16.4. The van der Waals surface area contributed by atoms with Crippen LogP contribution in [0.15, 0.2) is 12.4 Å². The molecule has 2 aliphatic heterocycles. The summed E-state index contributed by atoms with van der Waals surface area (Å²) in [4.78, 5) is 31.1. The summed E-state index contributed by atoms with van der Waals surface area (Å²) in [5.41, 5.74) is 0. The number of aromatic nitrogens is 2. The lowest BCUT2D eigenvalue weighted by molar-refractivity contribution is -0.143. The largest absolute Gasteiger partial charge is 0.481 e. The van der Waals surface area contributed by atoms with Crippen molar-refractivity contribution in [2.75, 3.05) is 19.6 Å². The van der Waals surface area contributed by atoms with Gasteiger partial charge in [-0.05, 0) is 12.8 Å². The second-order valence-corrected chi connectivity index (χ2v) is 5.34. The van der Waals surface area contributed by atoms with Gasteiger partial charge in [0.25, 0.3) is 0 Å². The van der Waals surface area contributed by atoms with Crippen molar-refractivity contribution in [3.05, 3.63) is 18.2 Å². The molecule has 3 heterocycles. The zero-order valence-corrected chi connectivity index (χ0v) is 11.2. The molecule has 0 unspecified atom stereocenters. The standard InChI is InChI=1S/C13H18N4O3/c18-12(19)10-1-4-16(5-2-10)13(20)17-8-7-15-6-3-14-11(15)9-17/h3,6,10H,1-2,4-5,7-9H2,(H,18,19). The van der Waals surface area contributed by atoms with Gasteiger partial charge in [0, 0.05) is 38.6 Å². The SMILES string of the molecule is O=C(O)C1CCN(C(=O)N2CCn3ccnc3C2)CC1. The fraction of sp³-hybridized carbons (Fsp3) is 0.615. The van der Waals surface area contributed by atoms with Gasteiger partial charge in [0.2, 0.25) is 0 Å². The van der Waals surface area contributed by atoms with Crippen LogP contribution in [0.3, 0.4) is 0 Å². The fourth-order valence-electron chi connectivity index (χ4n) is 2.85. The minimum atomic E-state index is -0.753. The van der Waals surface area contributed by atoms with Crippen LogP contribution in [-0.2, 0) is 17.9 Å². The van der Waals surface area contributed by atoms with Crippen LogP contribution >= 0.6 is 0 Å². The van der Waals surface area contributed by atoms with Gasteiger partial charge in [-0.2, -0.15) is 0 Å². The third-order valence-electron chi connectivity index (χ3n) is 4.13. The Hall–Kier alpha value is -2.05. The second kappa shape index (κ2) is 5.15. The maximum Gasteiger partial charge on any atom is 0.320 e. The summed E-state index contributed by atoms with van der Waals surface area (Å²) < 4.78 is 2.06. The Morgan fingerprint density at radius 2 is 1.90 bits per heavy atom. The third-order valence-corrected chi connectivity index (χ3v) is 4.13. The highest BCUT2D eigenvalue weighted by Crippen LogP contribution is 2.20. The molecule has 2 amide bonds. The normalized spacial score (nSPS) is 19.8. The van der Waals surface area contributed by atoms with Gasteiger partial charge in [0.1, 0.15) is 5.82 Å². The van der Waals surface area contributed by atoms with Crippen LogP contribution in [0.5, 0.6) is 0 Å². The van der Waals surface area contributed by atoms with Gasteiger partial charge in [-0.1, -0.05) is 0 Å². The third kappa shape index (κ3) is 2.35. The minimum absolute atomic E-state index is 0.00286. The molecule has 2 aliphatic rings. The average molecular weight is 278 g/mol. The Balaban J connectivity index is 1.59. The molecule has 0 aliphatic carbocycles. The number of piperidine rings is 1. The number of amides is 2. The molecule has 0 radical (unpaired) electrons. The average Bonchev–Trinajstić information content (AvgIpc) is 2.94. The van der Waals surface area contributed by atoms with Gasteiger partial charge in [0.15, 0.2) is 0 Å². The number of fused-ring (bicyclic) bond motifs is 1. The molecule has 0 atom stereocenters.